The minimum absolute atomic E-state index is 0.0599. The fourth-order valence-electron chi connectivity index (χ4n) is 2.48. The van der Waals surface area contributed by atoms with E-state index in [1.54, 1.807) is 0 Å². The standard InChI is InChI=1S/C18H17ClN2/c1-11-3-4-15-9-13(6-8-18(15)21-11)14-5-7-16(12(2)20)17(19)10-14/h3-10,12H,20H2,1-2H3. The summed E-state index contributed by atoms with van der Waals surface area (Å²) in [6, 6.07) is 16.4. The van der Waals surface area contributed by atoms with Crippen LogP contribution in [-0.4, -0.2) is 4.98 Å². The molecule has 0 aliphatic carbocycles. The highest BCUT2D eigenvalue weighted by Gasteiger charge is 2.08. The third-order valence-electron chi connectivity index (χ3n) is 3.65. The third kappa shape index (κ3) is 2.78. The van der Waals surface area contributed by atoms with Crippen LogP contribution in [-0.2, 0) is 0 Å². The number of nitrogens with two attached hydrogens (primary N) is 1. The number of nitrogens with zero attached hydrogens (tertiary/aromatic N) is 1. The van der Waals surface area contributed by atoms with Gasteiger partial charge in [-0.2, -0.15) is 0 Å². The first-order valence-electron chi connectivity index (χ1n) is 6.97. The summed E-state index contributed by atoms with van der Waals surface area (Å²) in [7, 11) is 0. The second-order valence-electron chi connectivity index (χ2n) is 5.39. The predicted octanol–water partition coefficient (Wildman–Crippen LogP) is 4.88. The van der Waals surface area contributed by atoms with Gasteiger partial charge in [0.2, 0.25) is 0 Å². The van der Waals surface area contributed by atoms with Gasteiger partial charge in [0.25, 0.3) is 0 Å². The highest BCUT2D eigenvalue weighted by Crippen LogP contribution is 2.29. The third-order valence-corrected chi connectivity index (χ3v) is 3.98. The van der Waals surface area contributed by atoms with E-state index < -0.39 is 0 Å². The summed E-state index contributed by atoms with van der Waals surface area (Å²) < 4.78 is 0. The van der Waals surface area contributed by atoms with Crippen molar-refractivity contribution in [1.29, 1.82) is 0 Å². The Morgan fingerprint density at radius 3 is 2.43 bits per heavy atom. The van der Waals surface area contributed by atoms with Crippen molar-refractivity contribution in [2.45, 2.75) is 19.9 Å². The summed E-state index contributed by atoms with van der Waals surface area (Å²) in [4.78, 5) is 4.52. The van der Waals surface area contributed by atoms with Crippen LogP contribution in [0, 0.1) is 6.92 Å². The summed E-state index contributed by atoms with van der Waals surface area (Å²) in [6.07, 6.45) is 0. The van der Waals surface area contributed by atoms with E-state index in [0.29, 0.717) is 5.02 Å². The van der Waals surface area contributed by atoms with Crippen LogP contribution >= 0.6 is 11.6 Å². The maximum atomic E-state index is 6.32. The van der Waals surface area contributed by atoms with Gasteiger partial charge in [-0.1, -0.05) is 35.9 Å². The Labute approximate surface area is 129 Å². The lowest BCUT2D eigenvalue weighted by molar-refractivity contribution is 0.819. The van der Waals surface area contributed by atoms with E-state index in [2.05, 4.69) is 29.2 Å². The van der Waals surface area contributed by atoms with E-state index in [4.69, 9.17) is 17.3 Å². The molecular weight excluding hydrogens is 280 g/mol. The maximum Gasteiger partial charge on any atom is 0.0705 e. The predicted molar refractivity (Wildman–Crippen MR) is 89.5 cm³/mol. The lowest BCUT2D eigenvalue weighted by Gasteiger charge is -2.11. The van der Waals surface area contributed by atoms with Gasteiger partial charge in [0.05, 0.1) is 5.52 Å². The SMILES string of the molecule is Cc1ccc2cc(-c3ccc(C(C)N)c(Cl)c3)ccc2n1. The molecule has 1 atom stereocenters. The normalized spacial score (nSPS) is 12.6. The number of halogens is 1. The minimum Gasteiger partial charge on any atom is -0.324 e. The van der Waals surface area contributed by atoms with Crippen molar-refractivity contribution in [2.24, 2.45) is 5.73 Å². The lowest BCUT2D eigenvalue weighted by atomic mass is 10.00. The van der Waals surface area contributed by atoms with Crippen LogP contribution < -0.4 is 5.73 Å². The van der Waals surface area contributed by atoms with Crippen molar-refractivity contribution in [3.05, 3.63) is 64.8 Å². The van der Waals surface area contributed by atoms with Gasteiger partial charge in [-0.05, 0) is 54.8 Å². The van der Waals surface area contributed by atoms with Gasteiger partial charge in [0, 0.05) is 22.1 Å². The van der Waals surface area contributed by atoms with Crippen LogP contribution in [0.1, 0.15) is 24.2 Å². The van der Waals surface area contributed by atoms with Gasteiger partial charge >= 0.3 is 0 Å². The number of aromatic nitrogens is 1. The number of pyridine rings is 1. The van der Waals surface area contributed by atoms with E-state index in [1.165, 1.54) is 0 Å². The largest absolute Gasteiger partial charge is 0.324 e. The number of hydrogen-bond donors (Lipinski definition) is 1. The van der Waals surface area contributed by atoms with Crippen LogP contribution in [0.5, 0.6) is 0 Å². The van der Waals surface area contributed by atoms with Gasteiger partial charge in [0.1, 0.15) is 0 Å². The van der Waals surface area contributed by atoms with Crippen molar-refractivity contribution < 1.29 is 0 Å². The van der Waals surface area contributed by atoms with Crippen LogP contribution in [0.15, 0.2) is 48.5 Å². The summed E-state index contributed by atoms with van der Waals surface area (Å²) in [6.45, 7) is 3.94. The molecule has 1 heterocycles. The molecule has 2 N–H and O–H groups in total. The van der Waals surface area contributed by atoms with Crippen molar-refractivity contribution in [3.8, 4) is 11.1 Å². The highest BCUT2D eigenvalue weighted by molar-refractivity contribution is 6.31. The van der Waals surface area contributed by atoms with Crippen LogP contribution in [0.4, 0.5) is 0 Å². The monoisotopic (exact) mass is 296 g/mol. The molecule has 0 radical (unpaired) electrons. The number of hydrogen-bond acceptors (Lipinski definition) is 2. The first-order valence-corrected chi connectivity index (χ1v) is 7.35. The number of benzene rings is 2. The molecule has 0 fully saturated rings. The Kier molecular flexibility index (Phi) is 3.66. The number of aryl methyl sites for hydroxylation is 1. The molecule has 0 saturated heterocycles. The molecule has 2 aromatic carbocycles. The number of rotatable bonds is 2. The average Bonchev–Trinajstić information content (AvgIpc) is 2.46. The lowest BCUT2D eigenvalue weighted by Crippen LogP contribution is -2.05. The summed E-state index contributed by atoms with van der Waals surface area (Å²) in [5.74, 6) is 0. The molecule has 21 heavy (non-hydrogen) atoms. The van der Waals surface area contributed by atoms with Crippen molar-refractivity contribution >= 4 is 22.5 Å². The van der Waals surface area contributed by atoms with Crippen LogP contribution in [0.2, 0.25) is 5.02 Å². The minimum atomic E-state index is -0.0599. The van der Waals surface area contributed by atoms with Crippen LogP contribution in [0.3, 0.4) is 0 Å². The van der Waals surface area contributed by atoms with Crippen molar-refractivity contribution in [3.63, 3.8) is 0 Å². The zero-order valence-corrected chi connectivity index (χ0v) is 12.9. The second-order valence-corrected chi connectivity index (χ2v) is 5.79. The molecular formula is C18H17ClN2. The fourth-order valence-corrected chi connectivity index (χ4v) is 2.84. The first-order chi connectivity index (χ1) is 10.0. The topological polar surface area (TPSA) is 38.9 Å². The van der Waals surface area contributed by atoms with Gasteiger partial charge in [-0.25, -0.2) is 0 Å². The average molecular weight is 297 g/mol. The molecule has 0 bridgehead atoms. The quantitative estimate of drug-likeness (QED) is 0.731. The zero-order valence-electron chi connectivity index (χ0n) is 12.1. The Morgan fingerprint density at radius 1 is 1.00 bits per heavy atom. The first kappa shape index (κ1) is 14.1. The van der Waals surface area contributed by atoms with E-state index >= 15 is 0 Å². The van der Waals surface area contributed by atoms with Gasteiger partial charge in [0.15, 0.2) is 0 Å². The highest BCUT2D eigenvalue weighted by atomic mass is 35.5. The smallest absolute Gasteiger partial charge is 0.0705 e. The maximum absolute atomic E-state index is 6.32. The molecule has 0 amide bonds. The van der Waals surface area contributed by atoms with Crippen molar-refractivity contribution in [1.82, 2.24) is 4.98 Å². The molecule has 3 aromatic rings. The molecule has 0 aliphatic heterocycles. The van der Waals surface area contributed by atoms with E-state index in [1.807, 2.05) is 38.1 Å². The van der Waals surface area contributed by atoms with Gasteiger partial charge < -0.3 is 5.73 Å². The summed E-state index contributed by atoms with van der Waals surface area (Å²) in [5, 5.41) is 1.84. The van der Waals surface area contributed by atoms with Gasteiger partial charge in [-0.15, -0.1) is 0 Å². The Morgan fingerprint density at radius 2 is 1.71 bits per heavy atom. The Balaban J connectivity index is 2.08. The zero-order chi connectivity index (χ0) is 15.0. The Hall–Kier alpha value is -1.90. The van der Waals surface area contributed by atoms with E-state index in [9.17, 15) is 0 Å². The Bertz CT molecular complexity index is 809. The van der Waals surface area contributed by atoms with Crippen molar-refractivity contribution in [2.75, 3.05) is 0 Å². The molecule has 0 spiro atoms. The van der Waals surface area contributed by atoms with E-state index in [0.717, 1.165) is 33.3 Å². The molecule has 3 heteroatoms. The summed E-state index contributed by atoms with van der Waals surface area (Å²) in [5.41, 5.74) is 11.1. The molecule has 1 aromatic heterocycles. The molecule has 0 saturated carbocycles. The molecule has 2 nitrogen and oxygen atoms in total. The summed E-state index contributed by atoms with van der Waals surface area (Å²) >= 11 is 6.32. The molecule has 1 unspecified atom stereocenters. The molecule has 3 rings (SSSR count). The molecule has 0 aliphatic rings. The van der Waals surface area contributed by atoms with Crippen LogP contribution in [0.25, 0.3) is 22.0 Å². The van der Waals surface area contributed by atoms with Gasteiger partial charge in [-0.3, -0.25) is 4.98 Å². The van der Waals surface area contributed by atoms with E-state index in [-0.39, 0.29) is 6.04 Å². The number of fused-ring (bicyclic) bond motifs is 1. The molecule has 106 valence electrons. The second kappa shape index (κ2) is 5.47. The fraction of sp³-hybridized carbons (Fsp3) is 0.167.